The van der Waals surface area contributed by atoms with E-state index in [2.05, 4.69) is 9.97 Å². The van der Waals surface area contributed by atoms with Crippen LogP contribution < -0.4 is 4.90 Å². The predicted octanol–water partition coefficient (Wildman–Crippen LogP) is 3.01. The molecule has 1 fully saturated rings. The molecular formula is C17H28N4O2. The smallest absolute Gasteiger partial charge is 0.410 e. The number of amides is 1. The van der Waals surface area contributed by atoms with Crippen LogP contribution in [0, 0.1) is 6.92 Å². The summed E-state index contributed by atoms with van der Waals surface area (Å²) in [5.74, 6) is 0.694. The van der Waals surface area contributed by atoms with E-state index in [1.54, 1.807) is 6.20 Å². The molecule has 1 atom stereocenters. The molecule has 1 aromatic heterocycles. The van der Waals surface area contributed by atoms with Crippen LogP contribution in [0.4, 0.5) is 10.7 Å². The molecule has 2 heterocycles. The highest BCUT2D eigenvalue weighted by Crippen LogP contribution is 2.22. The van der Waals surface area contributed by atoms with Gasteiger partial charge in [-0.2, -0.15) is 0 Å². The third-order valence-electron chi connectivity index (χ3n) is 3.86. The molecule has 1 aromatic rings. The minimum absolute atomic E-state index is 0.132. The Balaban J connectivity index is 2.05. The first-order valence-electron chi connectivity index (χ1n) is 8.26. The van der Waals surface area contributed by atoms with E-state index in [-0.39, 0.29) is 12.1 Å². The molecule has 0 saturated carbocycles. The summed E-state index contributed by atoms with van der Waals surface area (Å²) in [5, 5.41) is 0. The Kier molecular flexibility index (Phi) is 5.44. The second-order valence-electron chi connectivity index (χ2n) is 7.20. The highest BCUT2D eigenvalue weighted by molar-refractivity contribution is 5.68. The van der Waals surface area contributed by atoms with E-state index < -0.39 is 5.60 Å². The molecule has 6 nitrogen and oxygen atoms in total. The highest BCUT2D eigenvalue weighted by atomic mass is 16.6. The maximum absolute atomic E-state index is 12.5. The van der Waals surface area contributed by atoms with E-state index in [1.165, 1.54) is 0 Å². The molecule has 23 heavy (non-hydrogen) atoms. The number of hydrogen-bond acceptors (Lipinski definition) is 5. The van der Waals surface area contributed by atoms with Crippen molar-refractivity contribution >= 4 is 12.0 Å². The molecular weight excluding hydrogens is 292 g/mol. The minimum atomic E-state index is -0.468. The van der Waals surface area contributed by atoms with Crippen molar-refractivity contribution in [3.63, 3.8) is 0 Å². The van der Waals surface area contributed by atoms with Gasteiger partial charge >= 0.3 is 6.09 Å². The zero-order valence-electron chi connectivity index (χ0n) is 14.9. The molecule has 0 bridgehead atoms. The van der Waals surface area contributed by atoms with Crippen LogP contribution in [0.5, 0.6) is 0 Å². The fourth-order valence-electron chi connectivity index (χ4n) is 2.77. The van der Waals surface area contributed by atoms with Gasteiger partial charge in [0, 0.05) is 32.0 Å². The topological polar surface area (TPSA) is 58.6 Å². The molecule has 0 spiro atoms. The summed E-state index contributed by atoms with van der Waals surface area (Å²) in [6.45, 7) is 9.11. The summed E-state index contributed by atoms with van der Waals surface area (Å²) in [5.41, 5.74) is 0.472. The van der Waals surface area contributed by atoms with Crippen molar-refractivity contribution < 1.29 is 9.53 Å². The SMILES string of the molecule is Cc1ccnc(N(C)C[C@H]2CCCCN2C(=O)OC(C)(C)C)n1. The van der Waals surface area contributed by atoms with Gasteiger partial charge in [-0.3, -0.25) is 0 Å². The van der Waals surface area contributed by atoms with Gasteiger partial charge in [-0.1, -0.05) is 0 Å². The Morgan fingerprint density at radius 1 is 1.43 bits per heavy atom. The van der Waals surface area contributed by atoms with Gasteiger partial charge in [-0.25, -0.2) is 14.8 Å². The summed E-state index contributed by atoms with van der Waals surface area (Å²) in [6, 6.07) is 2.01. The highest BCUT2D eigenvalue weighted by Gasteiger charge is 2.31. The predicted molar refractivity (Wildman–Crippen MR) is 90.6 cm³/mol. The number of anilines is 1. The van der Waals surface area contributed by atoms with Crippen molar-refractivity contribution in [2.75, 3.05) is 25.0 Å². The fourth-order valence-corrected chi connectivity index (χ4v) is 2.77. The van der Waals surface area contributed by atoms with E-state index >= 15 is 0 Å². The number of piperidine rings is 1. The Morgan fingerprint density at radius 3 is 2.83 bits per heavy atom. The molecule has 128 valence electrons. The quantitative estimate of drug-likeness (QED) is 0.857. The fraction of sp³-hybridized carbons (Fsp3) is 0.706. The Bertz CT molecular complexity index is 542. The van der Waals surface area contributed by atoms with Gasteiger partial charge in [-0.15, -0.1) is 0 Å². The normalized spacial score (nSPS) is 18.7. The maximum Gasteiger partial charge on any atom is 0.410 e. The monoisotopic (exact) mass is 320 g/mol. The molecule has 1 aliphatic heterocycles. The van der Waals surface area contributed by atoms with Gasteiger partial charge in [0.2, 0.25) is 5.95 Å². The first-order valence-corrected chi connectivity index (χ1v) is 8.26. The lowest BCUT2D eigenvalue weighted by atomic mass is 10.0. The van der Waals surface area contributed by atoms with Crippen LogP contribution in [-0.4, -0.2) is 52.7 Å². The molecule has 1 saturated heterocycles. The molecule has 0 radical (unpaired) electrons. The second-order valence-corrected chi connectivity index (χ2v) is 7.20. The van der Waals surface area contributed by atoms with Gasteiger partial charge < -0.3 is 14.5 Å². The Labute approximate surface area is 138 Å². The Morgan fingerprint density at radius 2 is 2.17 bits per heavy atom. The third-order valence-corrected chi connectivity index (χ3v) is 3.86. The van der Waals surface area contributed by atoms with E-state index in [0.29, 0.717) is 12.5 Å². The standard InChI is InChI=1S/C17H28N4O2/c1-13-9-10-18-15(19-13)20(5)12-14-8-6-7-11-21(14)16(22)23-17(2,3)4/h9-10,14H,6-8,11-12H2,1-5H3/t14-/m1/s1. The lowest BCUT2D eigenvalue weighted by molar-refractivity contribution is 0.0108. The van der Waals surface area contributed by atoms with E-state index in [9.17, 15) is 4.79 Å². The van der Waals surface area contributed by atoms with Crippen molar-refractivity contribution in [1.82, 2.24) is 14.9 Å². The lowest BCUT2D eigenvalue weighted by Crippen LogP contribution is -2.50. The van der Waals surface area contributed by atoms with E-state index in [0.717, 1.165) is 31.5 Å². The molecule has 0 aliphatic carbocycles. The average molecular weight is 320 g/mol. The first kappa shape index (κ1) is 17.5. The van der Waals surface area contributed by atoms with Crippen molar-refractivity contribution in [2.24, 2.45) is 0 Å². The Hall–Kier alpha value is -1.85. The van der Waals surface area contributed by atoms with Gasteiger partial charge in [0.05, 0.1) is 6.04 Å². The molecule has 0 unspecified atom stereocenters. The number of rotatable bonds is 3. The number of aryl methyl sites for hydroxylation is 1. The molecule has 2 rings (SSSR count). The van der Waals surface area contributed by atoms with Gasteiger partial charge in [0.25, 0.3) is 0 Å². The van der Waals surface area contributed by atoms with Crippen LogP contribution in [0.2, 0.25) is 0 Å². The molecule has 0 N–H and O–H groups in total. The summed E-state index contributed by atoms with van der Waals surface area (Å²) in [4.78, 5) is 25.1. The number of hydrogen-bond donors (Lipinski definition) is 0. The van der Waals surface area contributed by atoms with Crippen molar-refractivity contribution in [3.8, 4) is 0 Å². The lowest BCUT2D eigenvalue weighted by Gasteiger charge is -2.38. The van der Waals surface area contributed by atoms with Crippen LogP contribution in [0.25, 0.3) is 0 Å². The number of likely N-dealkylation sites (N-methyl/N-ethyl adjacent to an activating group) is 1. The third kappa shape index (κ3) is 5.08. The van der Waals surface area contributed by atoms with Crippen molar-refractivity contribution in [2.45, 2.75) is 58.6 Å². The molecule has 1 amide bonds. The number of nitrogens with zero attached hydrogens (tertiary/aromatic N) is 4. The summed E-state index contributed by atoms with van der Waals surface area (Å²) >= 11 is 0. The van der Waals surface area contributed by atoms with Crippen LogP contribution in [-0.2, 0) is 4.74 Å². The molecule has 6 heteroatoms. The molecule has 1 aliphatic rings. The summed E-state index contributed by atoms with van der Waals surface area (Å²) in [6.07, 6.45) is 4.68. The summed E-state index contributed by atoms with van der Waals surface area (Å²) in [7, 11) is 1.97. The van der Waals surface area contributed by atoms with Gasteiger partial charge in [0.1, 0.15) is 5.60 Å². The van der Waals surface area contributed by atoms with Crippen LogP contribution >= 0.6 is 0 Å². The minimum Gasteiger partial charge on any atom is -0.444 e. The number of carbonyl (C=O) groups is 1. The number of likely N-dealkylation sites (tertiary alicyclic amines) is 1. The van der Waals surface area contributed by atoms with Crippen LogP contribution in [0.15, 0.2) is 12.3 Å². The van der Waals surface area contributed by atoms with Crippen molar-refractivity contribution in [3.05, 3.63) is 18.0 Å². The number of ether oxygens (including phenoxy) is 1. The average Bonchev–Trinajstić information content (AvgIpc) is 2.46. The van der Waals surface area contributed by atoms with E-state index in [1.807, 2.05) is 50.6 Å². The molecule has 0 aromatic carbocycles. The second kappa shape index (κ2) is 7.15. The zero-order chi connectivity index (χ0) is 17.0. The number of carbonyl (C=O) groups excluding carboxylic acids is 1. The van der Waals surface area contributed by atoms with Gasteiger partial charge in [0.15, 0.2) is 0 Å². The van der Waals surface area contributed by atoms with E-state index in [4.69, 9.17) is 4.74 Å². The van der Waals surface area contributed by atoms with Gasteiger partial charge in [-0.05, 0) is 53.0 Å². The number of aromatic nitrogens is 2. The largest absolute Gasteiger partial charge is 0.444 e. The maximum atomic E-state index is 12.5. The first-order chi connectivity index (χ1) is 10.8. The van der Waals surface area contributed by atoms with Crippen LogP contribution in [0.3, 0.4) is 0 Å². The van der Waals surface area contributed by atoms with Crippen LogP contribution in [0.1, 0.15) is 45.7 Å². The van der Waals surface area contributed by atoms with Crippen molar-refractivity contribution in [1.29, 1.82) is 0 Å². The summed E-state index contributed by atoms with van der Waals surface area (Å²) < 4.78 is 5.55. The zero-order valence-corrected chi connectivity index (χ0v) is 14.9.